The summed E-state index contributed by atoms with van der Waals surface area (Å²) in [7, 11) is 1.82. The smallest absolute Gasteiger partial charge is 0.410 e. The largest absolute Gasteiger partial charge is 0.444 e. The number of ether oxygens (including phenoxy) is 1. The zero-order valence-electron chi connectivity index (χ0n) is 13.9. The van der Waals surface area contributed by atoms with Gasteiger partial charge in [-0.2, -0.15) is 0 Å². The molecule has 0 radical (unpaired) electrons. The maximum absolute atomic E-state index is 12.1. The van der Waals surface area contributed by atoms with Crippen molar-refractivity contribution in [3.8, 4) is 0 Å². The van der Waals surface area contributed by atoms with Gasteiger partial charge in [-0.25, -0.2) is 9.78 Å². The highest BCUT2D eigenvalue weighted by atomic mass is 79.9. The molecular weight excluding hydrogens is 358 g/mol. The Kier molecular flexibility index (Phi) is 4.12. The second kappa shape index (κ2) is 5.82. The van der Waals surface area contributed by atoms with Crippen LogP contribution in [0.25, 0.3) is 11.0 Å². The van der Waals surface area contributed by atoms with Crippen LogP contribution >= 0.6 is 15.9 Å². The van der Waals surface area contributed by atoms with Gasteiger partial charge in [0.1, 0.15) is 15.9 Å². The minimum absolute atomic E-state index is 0.222. The first-order valence-corrected chi connectivity index (χ1v) is 8.63. The molecule has 3 rings (SSSR count). The number of carbonyl (C=O) groups is 1. The van der Waals surface area contributed by atoms with E-state index in [1.54, 1.807) is 4.90 Å². The van der Waals surface area contributed by atoms with Crippen molar-refractivity contribution in [2.24, 2.45) is 0 Å². The third-order valence-corrected chi connectivity index (χ3v) is 4.68. The fraction of sp³-hybridized carbons (Fsp3) is 0.529. The van der Waals surface area contributed by atoms with Gasteiger partial charge >= 0.3 is 6.09 Å². The normalized spacial score (nSPS) is 21.1. The van der Waals surface area contributed by atoms with E-state index in [1.807, 2.05) is 33.9 Å². The first-order chi connectivity index (χ1) is 10.7. The Hall–Kier alpha value is -1.56. The second-order valence-corrected chi connectivity index (χ2v) is 7.95. The number of halogens is 1. The summed E-state index contributed by atoms with van der Waals surface area (Å²) in [5, 5.41) is 1.14. The van der Waals surface area contributed by atoms with Gasteiger partial charge in [0.15, 0.2) is 0 Å². The van der Waals surface area contributed by atoms with Gasteiger partial charge in [-0.1, -0.05) is 0 Å². The van der Waals surface area contributed by atoms with E-state index < -0.39 is 5.60 Å². The summed E-state index contributed by atoms with van der Waals surface area (Å²) in [5.41, 5.74) is 0.532. The minimum Gasteiger partial charge on any atom is -0.444 e. The molecule has 1 aliphatic carbocycles. The molecule has 0 N–H and O–H groups in total. The zero-order chi connectivity index (χ0) is 16.8. The molecule has 2 aromatic heterocycles. The number of pyridine rings is 1. The van der Waals surface area contributed by atoms with Gasteiger partial charge in [-0.05, 0) is 67.7 Å². The van der Waals surface area contributed by atoms with Gasteiger partial charge < -0.3 is 14.2 Å². The highest BCUT2D eigenvalue weighted by molar-refractivity contribution is 9.10. The standard InChI is InChI=1S/C17H22BrN3O2/c1-17(2,3)23-16(22)20(4)12-9-13(10-12)21-8-7-11-5-6-14(18)19-15(11)21/h5-8,12-13H,9-10H2,1-4H3/t12-,13-. The Morgan fingerprint density at radius 1 is 1.35 bits per heavy atom. The van der Waals surface area contributed by atoms with E-state index in [-0.39, 0.29) is 12.1 Å². The molecular formula is C17H22BrN3O2. The fourth-order valence-electron chi connectivity index (χ4n) is 2.88. The maximum atomic E-state index is 12.1. The Balaban J connectivity index is 1.66. The van der Waals surface area contributed by atoms with E-state index in [4.69, 9.17) is 4.74 Å². The molecule has 0 bridgehead atoms. The maximum Gasteiger partial charge on any atom is 0.410 e. The summed E-state index contributed by atoms with van der Waals surface area (Å²) >= 11 is 3.43. The quantitative estimate of drug-likeness (QED) is 0.727. The van der Waals surface area contributed by atoms with E-state index in [2.05, 4.69) is 43.8 Å². The van der Waals surface area contributed by atoms with Gasteiger partial charge in [0, 0.05) is 30.7 Å². The molecule has 2 aromatic rings. The summed E-state index contributed by atoms with van der Waals surface area (Å²) < 4.78 is 8.48. The zero-order valence-corrected chi connectivity index (χ0v) is 15.5. The Morgan fingerprint density at radius 2 is 2.04 bits per heavy atom. The van der Waals surface area contributed by atoms with E-state index >= 15 is 0 Å². The molecule has 0 atom stereocenters. The average molecular weight is 380 g/mol. The van der Waals surface area contributed by atoms with Crippen LogP contribution in [0, 0.1) is 0 Å². The van der Waals surface area contributed by atoms with E-state index in [9.17, 15) is 4.79 Å². The van der Waals surface area contributed by atoms with Gasteiger partial charge in [0.05, 0.1) is 0 Å². The van der Waals surface area contributed by atoms with Crippen LogP contribution in [0.2, 0.25) is 0 Å². The predicted molar refractivity (Wildman–Crippen MR) is 93.5 cm³/mol. The average Bonchev–Trinajstić information content (AvgIpc) is 2.78. The SMILES string of the molecule is CN(C(=O)OC(C)(C)C)[C@H]1C[C@H](n2ccc3ccc(Br)nc32)C1. The van der Waals surface area contributed by atoms with Gasteiger partial charge in [-0.3, -0.25) is 0 Å². The van der Waals surface area contributed by atoms with Crippen molar-refractivity contribution in [3.63, 3.8) is 0 Å². The Bertz CT molecular complexity index is 729. The van der Waals surface area contributed by atoms with Crippen LogP contribution in [0.3, 0.4) is 0 Å². The topological polar surface area (TPSA) is 47.4 Å². The van der Waals surface area contributed by atoms with E-state index in [1.165, 1.54) is 0 Å². The molecule has 1 saturated carbocycles. The number of aromatic nitrogens is 2. The van der Waals surface area contributed by atoms with Crippen LogP contribution in [0.4, 0.5) is 4.79 Å². The molecule has 23 heavy (non-hydrogen) atoms. The molecule has 2 heterocycles. The van der Waals surface area contributed by atoms with Crippen LogP contribution in [-0.4, -0.2) is 39.2 Å². The lowest BCUT2D eigenvalue weighted by Gasteiger charge is -2.42. The summed E-state index contributed by atoms with van der Waals surface area (Å²) in [4.78, 5) is 18.4. The van der Waals surface area contributed by atoms with Crippen molar-refractivity contribution < 1.29 is 9.53 Å². The fourth-order valence-corrected chi connectivity index (χ4v) is 3.18. The number of hydrogen-bond donors (Lipinski definition) is 0. The Labute approximate surface area is 144 Å². The van der Waals surface area contributed by atoms with E-state index in [0.29, 0.717) is 6.04 Å². The first kappa shape index (κ1) is 16.3. The van der Waals surface area contributed by atoms with Crippen molar-refractivity contribution in [2.75, 3.05) is 7.05 Å². The van der Waals surface area contributed by atoms with Crippen LogP contribution < -0.4 is 0 Å². The molecule has 1 fully saturated rings. The Morgan fingerprint density at radius 3 is 2.70 bits per heavy atom. The van der Waals surface area contributed by atoms with E-state index in [0.717, 1.165) is 28.5 Å². The molecule has 124 valence electrons. The number of nitrogens with zero attached hydrogens (tertiary/aromatic N) is 3. The highest BCUT2D eigenvalue weighted by Crippen LogP contribution is 2.38. The molecule has 0 unspecified atom stereocenters. The summed E-state index contributed by atoms with van der Waals surface area (Å²) in [5.74, 6) is 0. The predicted octanol–water partition coefficient (Wildman–Crippen LogP) is 4.37. The summed E-state index contributed by atoms with van der Waals surface area (Å²) in [6.45, 7) is 5.66. The van der Waals surface area contributed by atoms with Crippen LogP contribution in [0.1, 0.15) is 39.7 Å². The summed E-state index contributed by atoms with van der Waals surface area (Å²) in [6, 6.07) is 6.70. The summed E-state index contributed by atoms with van der Waals surface area (Å²) in [6.07, 6.45) is 3.68. The monoisotopic (exact) mass is 379 g/mol. The lowest BCUT2D eigenvalue weighted by atomic mass is 9.85. The molecule has 0 aliphatic heterocycles. The van der Waals surface area contributed by atoms with Crippen molar-refractivity contribution >= 4 is 33.1 Å². The van der Waals surface area contributed by atoms with Gasteiger partial charge in [0.2, 0.25) is 0 Å². The van der Waals surface area contributed by atoms with Crippen LogP contribution in [0.15, 0.2) is 29.0 Å². The molecule has 1 aliphatic rings. The van der Waals surface area contributed by atoms with Crippen molar-refractivity contribution in [1.29, 1.82) is 0 Å². The lowest BCUT2D eigenvalue weighted by molar-refractivity contribution is 0.00809. The van der Waals surface area contributed by atoms with Crippen molar-refractivity contribution in [1.82, 2.24) is 14.5 Å². The molecule has 0 spiro atoms. The van der Waals surface area contributed by atoms with Crippen molar-refractivity contribution in [2.45, 2.75) is 51.3 Å². The van der Waals surface area contributed by atoms with Crippen LogP contribution in [-0.2, 0) is 4.74 Å². The minimum atomic E-state index is -0.457. The number of hydrogen-bond acceptors (Lipinski definition) is 3. The second-order valence-electron chi connectivity index (χ2n) is 7.14. The molecule has 5 nitrogen and oxygen atoms in total. The van der Waals surface area contributed by atoms with Crippen molar-refractivity contribution in [3.05, 3.63) is 29.0 Å². The number of fused-ring (bicyclic) bond motifs is 1. The lowest BCUT2D eigenvalue weighted by Crippen LogP contribution is -2.47. The first-order valence-electron chi connectivity index (χ1n) is 7.83. The molecule has 0 aromatic carbocycles. The number of rotatable bonds is 2. The molecule has 1 amide bonds. The molecule has 6 heteroatoms. The van der Waals surface area contributed by atoms with Crippen LogP contribution in [0.5, 0.6) is 0 Å². The number of carbonyl (C=O) groups excluding carboxylic acids is 1. The van der Waals surface area contributed by atoms with Gasteiger partial charge in [0.25, 0.3) is 0 Å². The highest BCUT2D eigenvalue weighted by Gasteiger charge is 2.37. The third-order valence-electron chi connectivity index (χ3n) is 4.24. The van der Waals surface area contributed by atoms with Gasteiger partial charge in [-0.15, -0.1) is 0 Å². The number of amides is 1. The third kappa shape index (κ3) is 3.37. The molecule has 0 saturated heterocycles.